The first-order valence-corrected chi connectivity index (χ1v) is 11.6. The second-order valence-electron chi connectivity index (χ2n) is 7.26. The summed E-state index contributed by atoms with van der Waals surface area (Å²) in [6.07, 6.45) is -3.30. The number of methoxy groups -OCH3 is 1. The van der Waals surface area contributed by atoms with Crippen molar-refractivity contribution in [1.29, 1.82) is 5.26 Å². The molecule has 0 atom stereocenters. The zero-order valence-electron chi connectivity index (χ0n) is 18.4. The Morgan fingerprint density at radius 2 is 1.92 bits per heavy atom. The molecule has 5 nitrogen and oxygen atoms in total. The van der Waals surface area contributed by atoms with Gasteiger partial charge in [0.2, 0.25) is 0 Å². The lowest BCUT2D eigenvalue weighted by atomic mass is 10.1. The molecule has 0 aliphatic carbocycles. The molecule has 0 heterocycles. The second-order valence-corrected chi connectivity index (χ2v) is 8.96. The highest BCUT2D eigenvalue weighted by molar-refractivity contribution is 9.10. The monoisotopic (exact) mass is 598 g/mol. The third-order valence-electron chi connectivity index (χ3n) is 4.76. The lowest BCUT2D eigenvalue weighted by Gasteiger charge is -2.14. The van der Waals surface area contributed by atoms with E-state index in [0.717, 1.165) is 18.2 Å². The van der Waals surface area contributed by atoms with Gasteiger partial charge in [-0.25, -0.2) is 0 Å². The molecule has 0 spiro atoms. The van der Waals surface area contributed by atoms with Crippen LogP contribution in [0.15, 0.2) is 64.6 Å². The largest absolute Gasteiger partial charge is 0.493 e. The fraction of sp³-hybridized carbons (Fsp3) is 0.120. The van der Waals surface area contributed by atoms with E-state index >= 15 is 0 Å². The summed E-state index contributed by atoms with van der Waals surface area (Å²) < 4.78 is 50.5. The molecular weight excluding hydrogens is 584 g/mol. The number of carbonyl (C=O) groups excluding carboxylic acids is 1. The Morgan fingerprint density at radius 1 is 1.17 bits per heavy atom. The van der Waals surface area contributed by atoms with Crippen molar-refractivity contribution < 1.29 is 27.4 Å². The van der Waals surface area contributed by atoms with E-state index in [1.807, 2.05) is 0 Å². The van der Waals surface area contributed by atoms with Gasteiger partial charge in [-0.15, -0.1) is 0 Å². The van der Waals surface area contributed by atoms with Crippen molar-refractivity contribution >= 4 is 56.8 Å². The van der Waals surface area contributed by atoms with Crippen LogP contribution in [-0.4, -0.2) is 13.0 Å². The van der Waals surface area contributed by atoms with E-state index in [1.54, 1.807) is 36.4 Å². The number of hydrogen-bond donors (Lipinski definition) is 1. The highest BCUT2D eigenvalue weighted by atomic mass is 79.9. The van der Waals surface area contributed by atoms with Crippen LogP contribution in [0.2, 0.25) is 10.0 Å². The molecular formula is C25H16BrCl2F3N2O3. The topological polar surface area (TPSA) is 71.3 Å². The Hall–Kier alpha value is -3.19. The molecule has 11 heteroatoms. The lowest BCUT2D eigenvalue weighted by molar-refractivity contribution is -0.137. The van der Waals surface area contributed by atoms with Crippen LogP contribution in [0.4, 0.5) is 18.9 Å². The molecule has 0 unspecified atom stereocenters. The van der Waals surface area contributed by atoms with Crippen LogP contribution in [0.3, 0.4) is 0 Å². The van der Waals surface area contributed by atoms with Gasteiger partial charge >= 0.3 is 6.18 Å². The van der Waals surface area contributed by atoms with E-state index in [2.05, 4.69) is 21.2 Å². The maximum absolute atomic E-state index is 12.9. The number of hydrogen-bond acceptors (Lipinski definition) is 4. The molecule has 3 aromatic rings. The predicted octanol–water partition coefficient (Wildman–Crippen LogP) is 7.91. The minimum absolute atomic E-state index is 0.0978. The van der Waals surface area contributed by atoms with Crippen LogP contribution in [0.1, 0.15) is 16.7 Å². The Balaban J connectivity index is 1.82. The van der Waals surface area contributed by atoms with Crippen LogP contribution in [-0.2, 0) is 17.6 Å². The summed E-state index contributed by atoms with van der Waals surface area (Å²) in [5.41, 5.74) is -0.252. The smallest absolute Gasteiger partial charge is 0.416 e. The zero-order chi connectivity index (χ0) is 26.5. The summed E-state index contributed by atoms with van der Waals surface area (Å²) in [7, 11) is 1.42. The molecule has 0 saturated carbocycles. The van der Waals surface area contributed by atoms with Gasteiger partial charge in [0.15, 0.2) is 11.5 Å². The van der Waals surface area contributed by atoms with E-state index in [4.69, 9.17) is 32.7 Å². The summed E-state index contributed by atoms with van der Waals surface area (Å²) in [5.74, 6) is -0.214. The number of halogens is 6. The number of rotatable bonds is 7. The first kappa shape index (κ1) is 27.4. The SMILES string of the molecule is COc1cc(/C=C(\C#N)C(=O)Nc2cccc(C(F)(F)F)c2)cc(Br)c1OCc1ccc(Cl)cc1Cl. The average Bonchev–Trinajstić information content (AvgIpc) is 2.82. The molecule has 3 rings (SSSR count). The van der Waals surface area contributed by atoms with Gasteiger partial charge in [-0.2, -0.15) is 18.4 Å². The highest BCUT2D eigenvalue weighted by Crippen LogP contribution is 2.38. The summed E-state index contributed by atoms with van der Waals surface area (Å²) in [4.78, 5) is 12.6. The van der Waals surface area contributed by atoms with Gasteiger partial charge in [-0.3, -0.25) is 4.79 Å². The van der Waals surface area contributed by atoms with Crippen LogP contribution >= 0.6 is 39.1 Å². The molecule has 0 aromatic heterocycles. The van der Waals surface area contributed by atoms with Gasteiger partial charge in [0, 0.05) is 21.3 Å². The van der Waals surface area contributed by atoms with Crippen LogP contribution in [0, 0.1) is 11.3 Å². The number of alkyl halides is 3. The molecule has 36 heavy (non-hydrogen) atoms. The zero-order valence-corrected chi connectivity index (χ0v) is 21.5. The number of nitrogens with one attached hydrogen (secondary N) is 1. The van der Waals surface area contributed by atoms with Crippen LogP contribution < -0.4 is 14.8 Å². The number of benzene rings is 3. The summed E-state index contributed by atoms with van der Waals surface area (Å²) in [6, 6.07) is 14.0. The second kappa shape index (κ2) is 11.7. The summed E-state index contributed by atoms with van der Waals surface area (Å²) >= 11 is 15.5. The van der Waals surface area contributed by atoms with Crippen molar-refractivity contribution in [3.63, 3.8) is 0 Å². The lowest BCUT2D eigenvalue weighted by Crippen LogP contribution is -2.14. The van der Waals surface area contributed by atoms with E-state index in [9.17, 15) is 23.2 Å². The first-order valence-electron chi connectivity index (χ1n) is 10.1. The molecule has 1 N–H and O–H groups in total. The number of anilines is 1. The Kier molecular flexibility index (Phi) is 8.90. The van der Waals surface area contributed by atoms with Crippen LogP contribution in [0.5, 0.6) is 11.5 Å². The van der Waals surface area contributed by atoms with Gasteiger partial charge in [-0.05, 0) is 70.0 Å². The van der Waals surface area contributed by atoms with E-state index < -0.39 is 17.6 Å². The minimum atomic E-state index is -4.57. The Bertz CT molecular complexity index is 1370. The molecule has 0 aliphatic rings. The molecule has 3 aromatic carbocycles. The predicted molar refractivity (Wildman–Crippen MR) is 135 cm³/mol. The van der Waals surface area contributed by atoms with Gasteiger partial charge in [0.25, 0.3) is 5.91 Å². The van der Waals surface area contributed by atoms with Crippen molar-refractivity contribution in [2.75, 3.05) is 12.4 Å². The number of carbonyl (C=O) groups is 1. The maximum Gasteiger partial charge on any atom is 0.416 e. The Morgan fingerprint density at radius 3 is 2.56 bits per heavy atom. The first-order chi connectivity index (χ1) is 17.0. The fourth-order valence-electron chi connectivity index (χ4n) is 3.04. The summed E-state index contributed by atoms with van der Waals surface area (Å²) in [6.45, 7) is 0.114. The van der Waals surface area contributed by atoms with Gasteiger partial charge in [0.05, 0.1) is 17.1 Å². The van der Waals surface area contributed by atoms with Gasteiger partial charge in [0.1, 0.15) is 18.2 Å². The van der Waals surface area contributed by atoms with Crippen molar-refractivity contribution in [1.82, 2.24) is 0 Å². The molecule has 0 saturated heterocycles. The van der Waals surface area contributed by atoms with Gasteiger partial charge < -0.3 is 14.8 Å². The van der Waals surface area contributed by atoms with Crippen molar-refractivity contribution in [3.05, 3.63) is 91.4 Å². The molecule has 0 fully saturated rings. The third kappa shape index (κ3) is 6.94. The van der Waals surface area contributed by atoms with E-state index in [1.165, 1.54) is 19.3 Å². The van der Waals surface area contributed by atoms with Gasteiger partial charge in [-0.1, -0.05) is 35.3 Å². The number of nitrogens with zero attached hydrogens (tertiary/aromatic N) is 1. The number of nitriles is 1. The maximum atomic E-state index is 12.9. The molecule has 1 amide bonds. The molecule has 0 radical (unpaired) electrons. The average molecular weight is 600 g/mol. The molecule has 186 valence electrons. The Labute approximate surface area is 223 Å². The fourth-order valence-corrected chi connectivity index (χ4v) is 4.08. The standard InChI is InChI=1S/C25H16BrCl2F3N2O3/c1-35-22-9-14(8-20(26)23(22)36-13-15-5-6-18(27)11-21(15)28)7-16(12-32)24(34)33-19-4-2-3-17(10-19)25(29,30)31/h2-11H,13H2,1H3,(H,33,34)/b16-7+. The number of amides is 1. The minimum Gasteiger partial charge on any atom is -0.493 e. The molecule has 0 aliphatic heterocycles. The van der Waals surface area contributed by atoms with Crippen molar-refractivity contribution in [2.45, 2.75) is 12.8 Å². The molecule has 0 bridgehead atoms. The highest BCUT2D eigenvalue weighted by Gasteiger charge is 2.30. The third-order valence-corrected chi connectivity index (χ3v) is 5.94. The number of ether oxygens (including phenoxy) is 2. The van der Waals surface area contributed by atoms with Crippen LogP contribution in [0.25, 0.3) is 6.08 Å². The van der Waals surface area contributed by atoms with E-state index in [0.29, 0.717) is 37.1 Å². The normalized spacial score (nSPS) is 11.6. The van der Waals surface area contributed by atoms with Crippen molar-refractivity contribution in [2.24, 2.45) is 0 Å². The quantitative estimate of drug-likeness (QED) is 0.221. The summed E-state index contributed by atoms with van der Waals surface area (Å²) in [5, 5.41) is 12.7. The van der Waals surface area contributed by atoms with E-state index in [-0.39, 0.29) is 17.9 Å². The van der Waals surface area contributed by atoms with Crippen molar-refractivity contribution in [3.8, 4) is 17.6 Å².